The van der Waals surface area contributed by atoms with Crippen LogP contribution in [0, 0.1) is 29.1 Å². The van der Waals surface area contributed by atoms with Crippen molar-refractivity contribution in [3.05, 3.63) is 59.4 Å². The fourth-order valence-corrected chi connectivity index (χ4v) is 2.18. The van der Waals surface area contributed by atoms with Gasteiger partial charge in [0.25, 0.3) is 0 Å². The van der Waals surface area contributed by atoms with Crippen molar-refractivity contribution in [2.45, 2.75) is 47.0 Å². The fourth-order valence-electron chi connectivity index (χ4n) is 2.18. The minimum atomic E-state index is -0.583. The molecule has 1 aromatic carbocycles. The summed E-state index contributed by atoms with van der Waals surface area (Å²) in [4.78, 5) is 18.8. The second kappa shape index (κ2) is 12.9. The molecule has 2 rings (SSSR count). The van der Waals surface area contributed by atoms with Gasteiger partial charge in [0.2, 0.25) is 0 Å². The molecule has 0 saturated heterocycles. The molecule has 0 aliphatic heterocycles. The predicted molar refractivity (Wildman–Crippen MR) is 106 cm³/mol. The standard InChI is InChI=1S/C14H11FN3.C8H14O2.Ir/c1-9(2)12-7-17-14(18-8-12)10-3-4-13(15)11(5-10)6-16;1-6(2)4-8(10)5-7(3)9;/h4-5,7-9H,1-2H3;5-6,10H,4H2,1-3H3;/q-1;;. The van der Waals surface area contributed by atoms with Crippen LogP contribution in [-0.4, -0.2) is 20.9 Å². The maximum Gasteiger partial charge on any atom is 0.155 e. The zero-order valence-corrected chi connectivity index (χ0v) is 19.6. The van der Waals surface area contributed by atoms with E-state index in [-0.39, 0.29) is 37.2 Å². The number of hydrogen-bond acceptors (Lipinski definition) is 5. The number of aromatic nitrogens is 2. The smallest absolute Gasteiger partial charge is 0.155 e. The van der Waals surface area contributed by atoms with Crippen LogP contribution in [-0.2, 0) is 24.9 Å². The van der Waals surface area contributed by atoms with Crippen molar-refractivity contribution >= 4 is 5.78 Å². The Balaban J connectivity index is 0.000000616. The molecule has 0 aliphatic rings. The van der Waals surface area contributed by atoms with Crippen molar-refractivity contribution in [3.8, 4) is 17.5 Å². The Morgan fingerprint density at radius 1 is 1.31 bits per heavy atom. The van der Waals surface area contributed by atoms with Crippen LogP contribution in [0.15, 0.2) is 36.4 Å². The molecule has 0 saturated carbocycles. The van der Waals surface area contributed by atoms with Gasteiger partial charge in [0.1, 0.15) is 0 Å². The zero-order chi connectivity index (χ0) is 21.3. The maximum atomic E-state index is 13.2. The van der Waals surface area contributed by atoms with Gasteiger partial charge in [-0.3, -0.25) is 19.2 Å². The summed E-state index contributed by atoms with van der Waals surface area (Å²) in [5.41, 5.74) is 1.52. The van der Waals surface area contributed by atoms with E-state index >= 15 is 0 Å². The van der Waals surface area contributed by atoms with Gasteiger partial charge in [-0.1, -0.05) is 27.7 Å². The first-order valence-corrected chi connectivity index (χ1v) is 8.97. The Bertz CT molecular complexity index is 873. The number of ketones is 1. The molecule has 7 heteroatoms. The van der Waals surface area contributed by atoms with E-state index in [2.05, 4.69) is 29.9 Å². The van der Waals surface area contributed by atoms with E-state index in [9.17, 15) is 9.18 Å². The van der Waals surface area contributed by atoms with Gasteiger partial charge in [0.15, 0.2) is 5.78 Å². The summed E-state index contributed by atoms with van der Waals surface area (Å²) in [6.45, 7) is 9.51. The molecule has 1 radical (unpaired) electrons. The first-order valence-electron chi connectivity index (χ1n) is 8.97. The average Bonchev–Trinajstić information content (AvgIpc) is 2.61. The second-order valence-corrected chi connectivity index (χ2v) is 7.06. The number of benzene rings is 1. The minimum Gasteiger partial charge on any atom is -0.512 e. The third-order valence-corrected chi connectivity index (χ3v) is 3.59. The number of aliphatic hydroxyl groups excluding tert-OH is 1. The maximum absolute atomic E-state index is 13.2. The molecule has 0 fully saturated rings. The number of nitriles is 1. The quantitative estimate of drug-likeness (QED) is 0.304. The molecule has 0 unspecified atom stereocenters. The van der Waals surface area contributed by atoms with E-state index < -0.39 is 5.82 Å². The third kappa shape index (κ3) is 9.56. The molecule has 5 nitrogen and oxygen atoms in total. The summed E-state index contributed by atoms with van der Waals surface area (Å²) < 4.78 is 13.2. The molecule has 2 aromatic rings. The van der Waals surface area contributed by atoms with Crippen LogP contribution in [0.5, 0.6) is 0 Å². The van der Waals surface area contributed by atoms with Gasteiger partial charge >= 0.3 is 0 Å². The van der Waals surface area contributed by atoms with E-state index in [0.29, 0.717) is 29.6 Å². The largest absolute Gasteiger partial charge is 0.512 e. The summed E-state index contributed by atoms with van der Waals surface area (Å²) in [5, 5.41) is 17.8. The summed E-state index contributed by atoms with van der Waals surface area (Å²) in [6.07, 6.45) is 5.31. The molecule has 0 spiro atoms. The van der Waals surface area contributed by atoms with Gasteiger partial charge < -0.3 is 5.11 Å². The van der Waals surface area contributed by atoms with Crippen molar-refractivity contribution in [2.24, 2.45) is 5.92 Å². The van der Waals surface area contributed by atoms with Crippen LogP contribution in [0.3, 0.4) is 0 Å². The van der Waals surface area contributed by atoms with Crippen molar-refractivity contribution in [2.75, 3.05) is 0 Å². The van der Waals surface area contributed by atoms with Crippen molar-refractivity contribution in [3.63, 3.8) is 0 Å². The van der Waals surface area contributed by atoms with Gasteiger partial charge in [-0.15, -0.1) is 23.8 Å². The summed E-state index contributed by atoms with van der Waals surface area (Å²) in [5.74, 6) is 0.693. The van der Waals surface area contributed by atoms with Crippen molar-refractivity contribution in [1.29, 1.82) is 5.26 Å². The van der Waals surface area contributed by atoms with Gasteiger partial charge in [0.05, 0.1) is 23.5 Å². The number of halogens is 1. The van der Waals surface area contributed by atoms with Crippen molar-refractivity contribution in [1.82, 2.24) is 9.97 Å². The van der Waals surface area contributed by atoms with E-state index in [1.54, 1.807) is 18.5 Å². The summed E-state index contributed by atoms with van der Waals surface area (Å²) >= 11 is 0. The molecule has 1 aromatic heterocycles. The molecule has 29 heavy (non-hydrogen) atoms. The number of carbonyl (C=O) groups is 1. The van der Waals surface area contributed by atoms with Crippen LogP contribution in [0.2, 0.25) is 0 Å². The molecule has 1 N–H and O–H groups in total. The molecule has 1 heterocycles. The molecular formula is C22H25FIrN3O2-. The molecule has 0 aliphatic carbocycles. The Kier molecular flexibility index (Phi) is 11.8. The first-order chi connectivity index (χ1) is 13.1. The van der Waals surface area contributed by atoms with E-state index in [4.69, 9.17) is 10.4 Å². The zero-order valence-electron chi connectivity index (χ0n) is 17.2. The normalized spacial score (nSPS) is 10.7. The van der Waals surface area contributed by atoms with Crippen molar-refractivity contribution < 1.29 is 34.4 Å². The fraction of sp³-hybridized carbons (Fsp3) is 0.364. The number of rotatable bonds is 5. The first kappa shape index (κ1) is 26.6. The predicted octanol–water partition coefficient (Wildman–Crippen LogP) is 5.14. The van der Waals surface area contributed by atoms with Gasteiger partial charge in [-0.25, -0.2) is 0 Å². The molecule has 157 valence electrons. The second-order valence-electron chi connectivity index (χ2n) is 7.06. The van der Waals surface area contributed by atoms with Gasteiger partial charge in [0, 0.05) is 50.6 Å². The number of aliphatic hydroxyl groups is 1. The minimum absolute atomic E-state index is 0. The van der Waals surface area contributed by atoms with E-state index in [1.165, 1.54) is 19.1 Å². The Labute approximate surface area is 185 Å². The topological polar surface area (TPSA) is 86.9 Å². The van der Waals surface area contributed by atoms with E-state index in [1.807, 2.05) is 13.8 Å². The van der Waals surface area contributed by atoms with E-state index in [0.717, 1.165) is 11.6 Å². The molecular weight excluding hydrogens is 549 g/mol. The SMILES string of the molecule is CC(=O)C=C(O)CC(C)C.CC(C)c1cnc(-c2[c-]cc(F)c(C#N)c2)nc1.[Ir]. The van der Waals surface area contributed by atoms with Crippen LogP contribution in [0.4, 0.5) is 4.39 Å². The molecule has 0 amide bonds. The third-order valence-electron chi connectivity index (χ3n) is 3.59. The number of hydrogen-bond donors (Lipinski definition) is 1. The number of nitrogens with zero attached hydrogens (tertiary/aromatic N) is 3. The van der Waals surface area contributed by atoms with Crippen LogP contribution < -0.4 is 0 Å². The van der Waals surface area contributed by atoms with Crippen LogP contribution in [0.1, 0.15) is 58.1 Å². The van der Waals surface area contributed by atoms with Gasteiger partial charge in [-0.05, 0) is 24.3 Å². The molecule has 0 atom stereocenters. The monoisotopic (exact) mass is 575 g/mol. The van der Waals surface area contributed by atoms with Crippen LogP contribution in [0.25, 0.3) is 11.4 Å². The van der Waals surface area contributed by atoms with Gasteiger partial charge in [-0.2, -0.15) is 5.26 Å². The van der Waals surface area contributed by atoms with Crippen LogP contribution >= 0.6 is 0 Å². The Hall–Kier alpha value is -2.42. The number of carbonyl (C=O) groups excluding carboxylic acids is 1. The molecule has 0 bridgehead atoms. The number of allylic oxidation sites excluding steroid dienone is 2. The Morgan fingerprint density at radius 3 is 2.34 bits per heavy atom. The average molecular weight is 575 g/mol. The summed E-state index contributed by atoms with van der Waals surface area (Å²) in [7, 11) is 0. The Morgan fingerprint density at radius 2 is 1.90 bits per heavy atom. The summed E-state index contributed by atoms with van der Waals surface area (Å²) in [6, 6.07) is 7.04.